The van der Waals surface area contributed by atoms with Crippen molar-refractivity contribution in [1.82, 2.24) is 0 Å². The minimum Gasteiger partial charge on any atom is -0.371 e. The lowest BCUT2D eigenvalue weighted by atomic mass is 10.1. The second-order valence-electron chi connectivity index (χ2n) is 3.21. The van der Waals surface area contributed by atoms with Crippen molar-refractivity contribution < 1.29 is 18.1 Å². The second kappa shape index (κ2) is 3.68. The smallest absolute Gasteiger partial charge is 0.296 e. The van der Waals surface area contributed by atoms with Crippen molar-refractivity contribution in [2.45, 2.75) is 19.3 Å². The van der Waals surface area contributed by atoms with Gasteiger partial charge in [-0.15, -0.1) is 0 Å². The summed E-state index contributed by atoms with van der Waals surface area (Å²) in [5, 5.41) is 9.23. The Hall–Kier alpha value is -0.910. The summed E-state index contributed by atoms with van der Waals surface area (Å²) in [6.45, 7) is 3.68. The first-order valence-electron chi connectivity index (χ1n) is 4.04. The Bertz CT molecular complexity index is 436. The van der Waals surface area contributed by atoms with Gasteiger partial charge >= 0.3 is 0 Å². The molecule has 0 bridgehead atoms. The molecule has 1 aromatic rings. The molecule has 0 fully saturated rings. The molecule has 0 aromatic heterocycles. The molecule has 1 aromatic carbocycles. The molecule has 14 heavy (non-hydrogen) atoms. The van der Waals surface area contributed by atoms with Gasteiger partial charge in [-0.2, -0.15) is 8.42 Å². The second-order valence-corrected chi connectivity index (χ2v) is 4.69. The van der Waals surface area contributed by atoms with Crippen LogP contribution in [0.4, 0.5) is 0 Å². The van der Waals surface area contributed by atoms with Crippen LogP contribution >= 0.6 is 0 Å². The van der Waals surface area contributed by atoms with Gasteiger partial charge in [-0.05, 0) is 30.5 Å². The van der Waals surface area contributed by atoms with Crippen molar-refractivity contribution in [3.63, 3.8) is 0 Å². The fourth-order valence-electron chi connectivity index (χ4n) is 1.09. The van der Waals surface area contributed by atoms with Crippen LogP contribution in [0, 0.1) is 13.8 Å². The van der Waals surface area contributed by atoms with E-state index >= 15 is 0 Å². The molecular weight excluding hydrogens is 204 g/mol. The Morgan fingerprint density at radius 1 is 1.21 bits per heavy atom. The van der Waals surface area contributed by atoms with Gasteiger partial charge in [0.15, 0.2) is 0 Å². The number of benzene rings is 1. The predicted molar refractivity (Wildman–Crippen MR) is 52.4 cm³/mol. The molecule has 0 aliphatic rings. The topological polar surface area (TPSA) is 74.6 Å². The highest BCUT2D eigenvalue weighted by Crippen LogP contribution is 2.20. The summed E-state index contributed by atoms with van der Waals surface area (Å²) < 4.78 is 29.9. The highest BCUT2D eigenvalue weighted by Gasteiger charge is 2.21. The first-order chi connectivity index (χ1) is 6.32. The standard InChI is InChI=1S/C9H12O4S/c1-6-3-4-8(5-7(6)2)9(10)14(11,12)13/h3-5,9-10H,1-2H3,(H,11,12,13). The number of aryl methyl sites for hydroxylation is 2. The van der Waals surface area contributed by atoms with Crippen LogP contribution in [0.1, 0.15) is 22.1 Å². The lowest BCUT2D eigenvalue weighted by Gasteiger charge is -2.09. The maximum absolute atomic E-state index is 10.6. The molecule has 1 atom stereocenters. The zero-order chi connectivity index (χ0) is 10.9. The minimum atomic E-state index is -4.43. The van der Waals surface area contributed by atoms with Gasteiger partial charge in [-0.1, -0.05) is 18.2 Å². The van der Waals surface area contributed by atoms with Crippen LogP contribution < -0.4 is 0 Å². The van der Waals surface area contributed by atoms with Crippen molar-refractivity contribution in [2.24, 2.45) is 0 Å². The Kier molecular flexibility index (Phi) is 2.94. The number of rotatable bonds is 2. The molecule has 1 unspecified atom stereocenters. The van der Waals surface area contributed by atoms with E-state index in [1.165, 1.54) is 12.1 Å². The lowest BCUT2D eigenvalue weighted by molar-refractivity contribution is 0.238. The van der Waals surface area contributed by atoms with Crippen molar-refractivity contribution in [3.8, 4) is 0 Å². The largest absolute Gasteiger partial charge is 0.371 e. The molecule has 5 heteroatoms. The molecule has 0 saturated carbocycles. The van der Waals surface area contributed by atoms with Crippen LogP contribution in [-0.4, -0.2) is 18.1 Å². The highest BCUT2D eigenvalue weighted by molar-refractivity contribution is 7.85. The summed E-state index contributed by atoms with van der Waals surface area (Å²) in [5.41, 5.74) is 0.180. The summed E-state index contributed by atoms with van der Waals surface area (Å²) in [5.74, 6) is 0. The number of hydrogen-bond acceptors (Lipinski definition) is 3. The third kappa shape index (κ3) is 2.31. The SMILES string of the molecule is Cc1ccc(C(O)S(=O)(=O)O)cc1C. The van der Waals surface area contributed by atoms with Gasteiger partial charge < -0.3 is 5.11 Å². The van der Waals surface area contributed by atoms with Gasteiger partial charge in [-0.3, -0.25) is 4.55 Å². The van der Waals surface area contributed by atoms with E-state index in [-0.39, 0.29) is 5.56 Å². The Labute approximate surface area is 82.9 Å². The van der Waals surface area contributed by atoms with Crippen LogP contribution in [0.25, 0.3) is 0 Å². The van der Waals surface area contributed by atoms with Gasteiger partial charge in [0.25, 0.3) is 10.1 Å². The van der Waals surface area contributed by atoms with Gasteiger partial charge in [-0.25, -0.2) is 0 Å². The van der Waals surface area contributed by atoms with E-state index < -0.39 is 15.6 Å². The molecule has 0 saturated heterocycles. The van der Waals surface area contributed by atoms with Crippen LogP contribution in [0.2, 0.25) is 0 Å². The van der Waals surface area contributed by atoms with E-state index in [0.29, 0.717) is 0 Å². The number of hydrogen-bond donors (Lipinski definition) is 2. The molecule has 2 N–H and O–H groups in total. The number of aliphatic hydroxyl groups excluding tert-OH is 1. The Morgan fingerprint density at radius 3 is 2.21 bits per heavy atom. The van der Waals surface area contributed by atoms with Crippen LogP contribution in [0.15, 0.2) is 18.2 Å². The maximum atomic E-state index is 10.6. The van der Waals surface area contributed by atoms with Gasteiger partial charge in [0.1, 0.15) is 0 Å². The molecule has 0 aliphatic carbocycles. The van der Waals surface area contributed by atoms with Crippen LogP contribution in [-0.2, 0) is 10.1 Å². The molecule has 0 aliphatic heterocycles. The first kappa shape index (κ1) is 11.2. The summed E-state index contributed by atoms with van der Waals surface area (Å²) >= 11 is 0. The lowest BCUT2D eigenvalue weighted by Crippen LogP contribution is -2.11. The molecule has 0 heterocycles. The first-order valence-corrected chi connectivity index (χ1v) is 5.54. The molecule has 0 amide bonds. The molecule has 0 spiro atoms. The Morgan fingerprint density at radius 2 is 1.79 bits per heavy atom. The van der Waals surface area contributed by atoms with Crippen molar-refractivity contribution in [1.29, 1.82) is 0 Å². The van der Waals surface area contributed by atoms with Crippen molar-refractivity contribution in [2.75, 3.05) is 0 Å². The predicted octanol–water partition coefficient (Wildman–Crippen LogP) is 1.18. The molecule has 0 radical (unpaired) electrons. The zero-order valence-electron chi connectivity index (χ0n) is 7.93. The quantitative estimate of drug-likeness (QED) is 0.728. The van der Waals surface area contributed by atoms with E-state index in [1.807, 2.05) is 6.92 Å². The average Bonchev–Trinajstić information content (AvgIpc) is 2.07. The fraction of sp³-hybridized carbons (Fsp3) is 0.333. The van der Waals surface area contributed by atoms with E-state index in [9.17, 15) is 13.5 Å². The van der Waals surface area contributed by atoms with Gasteiger partial charge in [0.2, 0.25) is 5.44 Å². The average molecular weight is 216 g/mol. The highest BCUT2D eigenvalue weighted by atomic mass is 32.2. The zero-order valence-corrected chi connectivity index (χ0v) is 8.75. The van der Waals surface area contributed by atoms with Crippen molar-refractivity contribution in [3.05, 3.63) is 34.9 Å². The molecule has 78 valence electrons. The molecule has 1 rings (SSSR count). The molecule has 4 nitrogen and oxygen atoms in total. The summed E-state index contributed by atoms with van der Waals surface area (Å²) in [7, 11) is -4.43. The van der Waals surface area contributed by atoms with Crippen LogP contribution in [0.3, 0.4) is 0 Å². The van der Waals surface area contributed by atoms with E-state index in [4.69, 9.17) is 4.55 Å². The maximum Gasteiger partial charge on any atom is 0.296 e. The third-order valence-corrected chi connectivity index (χ3v) is 2.93. The van der Waals surface area contributed by atoms with Crippen molar-refractivity contribution >= 4 is 10.1 Å². The monoisotopic (exact) mass is 216 g/mol. The number of aliphatic hydroxyl groups is 1. The minimum absolute atomic E-state index is 0.176. The molecular formula is C9H12O4S. The van der Waals surface area contributed by atoms with E-state index in [2.05, 4.69) is 0 Å². The van der Waals surface area contributed by atoms with E-state index in [0.717, 1.165) is 11.1 Å². The Balaban J connectivity index is 3.16. The van der Waals surface area contributed by atoms with E-state index in [1.54, 1.807) is 13.0 Å². The summed E-state index contributed by atoms with van der Waals surface area (Å²) in [4.78, 5) is 0. The van der Waals surface area contributed by atoms with Crippen LogP contribution in [0.5, 0.6) is 0 Å². The van der Waals surface area contributed by atoms with Gasteiger partial charge in [0, 0.05) is 0 Å². The summed E-state index contributed by atoms with van der Waals surface area (Å²) in [6, 6.07) is 4.70. The normalized spacial score (nSPS) is 14.0. The summed E-state index contributed by atoms with van der Waals surface area (Å²) in [6.07, 6.45) is 0. The third-order valence-electron chi connectivity index (χ3n) is 2.10. The fourth-order valence-corrected chi connectivity index (χ4v) is 1.58. The van der Waals surface area contributed by atoms with Gasteiger partial charge in [0.05, 0.1) is 0 Å².